The molecular formula is C22H35ClN2O3. The number of carbonyl (C=O) groups excluding carboxylic acids is 1. The summed E-state index contributed by atoms with van der Waals surface area (Å²) in [6, 6.07) is 6.12. The van der Waals surface area contributed by atoms with Crippen molar-refractivity contribution in [2.45, 2.75) is 64.5 Å². The average molecular weight is 411 g/mol. The lowest BCUT2D eigenvalue weighted by molar-refractivity contribution is -0.128. The summed E-state index contributed by atoms with van der Waals surface area (Å²) in [7, 11) is 1.64. The highest BCUT2D eigenvalue weighted by Gasteiger charge is 2.40. The number of nitrogens with two attached hydrogens (primary N) is 1. The number of carbonyl (C=O) groups is 1. The Kier molecular flexibility index (Phi) is 8.44. The molecule has 3 rings (SSSR count). The molecule has 0 radical (unpaired) electrons. The molecular weight excluding hydrogens is 376 g/mol. The Hall–Kier alpha value is -1.46. The van der Waals surface area contributed by atoms with Gasteiger partial charge in [-0.15, -0.1) is 12.4 Å². The molecule has 0 saturated heterocycles. The van der Waals surface area contributed by atoms with Crippen molar-refractivity contribution in [1.82, 2.24) is 5.32 Å². The van der Waals surface area contributed by atoms with Gasteiger partial charge in [0.1, 0.15) is 0 Å². The maximum atomic E-state index is 12.9. The molecule has 0 aromatic heterocycles. The van der Waals surface area contributed by atoms with Crippen molar-refractivity contribution < 1.29 is 14.3 Å². The van der Waals surface area contributed by atoms with Crippen LogP contribution in [0.3, 0.4) is 0 Å². The van der Waals surface area contributed by atoms with Crippen LogP contribution >= 0.6 is 12.4 Å². The van der Waals surface area contributed by atoms with Gasteiger partial charge in [0, 0.05) is 12.0 Å². The molecule has 2 bridgehead atoms. The third-order valence-electron chi connectivity index (χ3n) is 6.29. The number of methoxy groups -OCH3 is 1. The number of nitrogens with one attached hydrogen (secondary N) is 1. The Labute approximate surface area is 175 Å². The summed E-state index contributed by atoms with van der Waals surface area (Å²) in [6.45, 7) is 4.76. The fraction of sp³-hybridized carbons (Fsp3) is 0.682. The highest BCUT2D eigenvalue weighted by molar-refractivity contribution is 5.85. The van der Waals surface area contributed by atoms with Crippen LogP contribution in [-0.2, 0) is 4.79 Å². The summed E-state index contributed by atoms with van der Waals surface area (Å²) < 4.78 is 11.2. The molecule has 158 valence electrons. The molecule has 0 spiro atoms. The molecule has 2 saturated carbocycles. The minimum atomic E-state index is -0.0675. The SMILES string of the molecule is CCCOc1ccc(C(C)NC(=O)C2CC3CCCC(C2)C3N)cc1OC.Cl. The minimum absolute atomic E-state index is 0. The minimum Gasteiger partial charge on any atom is -0.493 e. The zero-order valence-corrected chi connectivity index (χ0v) is 18.1. The Morgan fingerprint density at radius 2 is 1.93 bits per heavy atom. The lowest BCUT2D eigenvalue weighted by Crippen LogP contribution is -2.49. The van der Waals surface area contributed by atoms with E-state index in [0.717, 1.165) is 30.6 Å². The van der Waals surface area contributed by atoms with Crippen LogP contribution in [0.25, 0.3) is 0 Å². The second-order valence-electron chi connectivity index (χ2n) is 8.19. The van der Waals surface area contributed by atoms with Gasteiger partial charge in [-0.2, -0.15) is 0 Å². The van der Waals surface area contributed by atoms with Crippen LogP contribution in [0.5, 0.6) is 11.5 Å². The van der Waals surface area contributed by atoms with Gasteiger partial charge in [-0.3, -0.25) is 4.79 Å². The predicted octanol–water partition coefficient (Wildman–Crippen LogP) is 4.24. The van der Waals surface area contributed by atoms with Crippen LogP contribution in [0.4, 0.5) is 0 Å². The third kappa shape index (κ3) is 5.12. The number of rotatable bonds is 7. The third-order valence-corrected chi connectivity index (χ3v) is 6.29. The molecule has 0 heterocycles. The first-order valence-corrected chi connectivity index (χ1v) is 10.4. The highest BCUT2D eigenvalue weighted by atomic mass is 35.5. The van der Waals surface area contributed by atoms with Crippen molar-refractivity contribution in [3.63, 3.8) is 0 Å². The number of ether oxygens (including phenoxy) is 2. The average Bonchev–Trinajstić information content (AvgIpc) is 2.65. The Morgan fingerprint density at radius 3 is 2.54 bits per heavy atom. The van der Waals surface area contributed by atoms with Gasteiger partial charge in [0.2, 0.25) is 5.91 Å². The van der Waals surface area contributed by atoms with Crippen LogP contribution in [0, 0.1) is 17.8 Å². The molecule has 6 heteroatoms. The fourth-order valence-corrected chi connectivity index (χ4v) is 4.70. The van der Waals surface area contributed by atoms with Crippen LogP contribution in [0.2, 0.25) is 0 Å². The van der Waals surface area contributed by atoms with E-state index in [9.17, 15) is 4.79 Å². The van der Waals surface area contributed by atoms with Crippen LogP contribution < -0.4 is 20.5 Å². The smallest absolute Gasteiger partial charge is 0.223 e. The summed E-state index contributed by atoms with van der Waals surface area (Å²) in [6.07, 6.45) is 6.43. The van der Waals surface area contributed by atoms with Gasteiger partial charge in [-0.1, -0.05) is 19.4 Å². The first-order chi connectivity index (χ1) is 13.0. The number of hydrogen-bond acceptors (Lipinski definition) is 4. The fourth-order valence-electron chi connectivity index (χ4n) is 4.70. The first kappa shape index (κ1) is 22.8. The quantitative estimate of drug-likeness (QED) is 0.705. The second kappa shape index (κ2) is 10.4. The summed E-state index contributed by atoms with van der Waals surface area (Å²) in [5.41, 5.74) is 7.39. The zero-order valence-electron chi connectivity index (χ0n) is 17.3. The monoisotopic (exact) mass is 410 g/mol. The van der Waals surface area contributed by atoms with Gasteiger partial charge in [0.05, 0.1) is 19.8 Å². The van der Waals surface area contributed by atoms with Gasteiger partial charge in [0.15, 0.2) is 11.5 Å². The number of amides is 1. The molecule has 2 fully saturated rings. The maximum Gasteiger partial charge on any atom is 0.223 e. The van der Waals surface area contributed by atoms with Crippen LogP contribution in [0.15, 0.2) is 18.2 Å². The van der Waals surface area contributed by atoms with Crippen LogP contribution in [0.1, 0.15) is 64.0 Å². The Morgan fingerprint density at radius 1 is 1.25 bits per heavy atom. The van der Waals surface area contributed by atoms with E-state index in [-0.39, 0.29) is 30.3 Å². The Bertz CT molecular complexity index is 641. The van der Waals surface area contributed by atoms with E-state index in [1.807, 2.05) is 25.1 Å². The molecule has 1 amide bonds. The molecule has 1 aromatic rings. The van der Waals surface area contributed by atoms with Gasteiger partial charge in [-0.25, -0.2) is 0 Å². The Balaban J connectivity index is 0.00000280. The molecule has 0 aliphatic heterocycles. The number of benzene rings is 1. The molecule has 28 heavy (non-hydrogen) atoms. The van der Waals surface area contributed by atoms with E-state index in [4.69, 9.17) is 15.2 Å². The van der Waals surface area contributed by atoms with E-state index in [1.165, 1.54) is 19.3 Å². The molecule has 3 N–H and O–H groups in total. The summed E-state index contributed by atoms with van der Waals surface area (Å²) in [5, 5.41) is 3.21. The predicted molar refractivity (Wildman–Crippen MR) is 114 cm³/mol. The normalized spacial score (nSPS) is 27.3. The van der Waals surface area contributed by atoms with Crippen molar-refractivity contribution in [1.29, 1.82) is 0 Å². The summed E-state index contributed by atoms with van der Waals surface area (Å²) in [4.78, 5) is 12.9. The van der Waals surface area contributed by atoms with E-state index < -0.39 is 0 Å². The van der Waals surface area contributed by atoms with Crippen molar-refractivity contribution in [3.8, 4) is 11.5 Å². The van der Waals surface area contributed by atoms with Crippen LogP contribution in [-0.4, -0.2) is 25.7 Å². The highest BCUT2D eigenvalue weighted by Crippen LogP contribution is 2.42. The molecule has 3 unspecified atom stereocenters. The molecule has 3 atom stereocenters. The van der Waals surface area contributed by atoms with Gasteiger partial charge >= 0.3 is 0 Å². The lowest BCUT2D eigenvalue weighted by Gasteiger charge is -2.43. The molecule has 5 nitrogen and oxygen atoms in total. The standard InChI is InChI=1S/C22H34N2O3.ClH/c1-4-10-27-19-9-8-15(13-20(19)26-3)14(2)24-22(25)18-11-16-6-5-7-17(12-18)21(16)23;/h8-9,13-14,16-18,21H,4-7,10-12,23H2,1-3H3,(H,24,25);1H. The molecule has 1 aromatic carbocycles. The molecule has 2 aliphatic rings. The summed E-state index contributed by atoms with van der Waals surface area (Å²) in [5.74, 6) is 2.74. The van der Waals surface area contributed by atoms with Crippen molar-refractivity contribution in [2.75, 3.05) is 13.7 Å². The molecule has 2 aliphatic carbocycles. The second-order valence-corrected chi connectivity index (χ2v) is 8.19. The largest absolute Gasteiger partial charge is 0.493 e. The van der Waals surface area contributed by atoms with E-state index in [0.29, 0.717) is 30.2 Å². The van der Waals surface area contributed by atoms with Gasteiger partial charge in [0.25, 0.3) is 0 Å². The van der Waals surface area contributed by atoms with Gasteiger partial charge < -0.3 is 20.5 Å². The number of fused-ring (bicyclic) bond motifs is 2. The lowest BCUT2D eigenvalue weighted by atomic mass is 9.65. The zero-order chi connectivity index (χ0) is 19.4. The maximum absolute atomic E-state index is 12.9. The van der Waals surface area contributed by atoms with Crippen molar-refractivity contribution in [2.24, 2.45) is 23.5 Å². The van der Waals surface area contributed by atoms with E-state index >= 15 is 0 Å². The van der Waals surface area contributed by atoms with E-state index in [2.05, 4.69) is 12.2 Å². The van der Waals surface area contributed by atoms with Gasteiger partial charge in [-0.05, 0) is 68.6 Å². The number of halogens is 1. The van der Waals surface area contributed by atoms with E-state index in [1.54, 1.807) is 7.11 Å². The topological polar surface area (TPSA) is 73.6 Å². The van der Waals surface area contributed by atoms with Crippen molar-refractivity contribution in [3.05, 3.63) is 23.8 Å². The first-order valence-electron chi connectivity index (χ1n) is 10.4. The van der Waals surface area contributed by atoms with Crippen molar-refractivity contribution >= 4 is 18.3 Å². The summed E-state index contributed by atoms with van der Waals surface area (Å²) >= 11 is 0. The number of hydrogen-bond donors (Lipinski definition) is 2.